The second kappa shape index (κ2) is 7.25. The van der Waals surface area contributed by atoms with Gasteiger partial charge in [0.25, 0.3) is 5.91 Å². The maximum absolute atomic E-state index is 12.7. The van der Waals surface area contributed by atoms with E-state index in [9.17, 15) is 14.4 Å². The van der Waals surface area contributed by atoms with Gasteiger partial charge in [0, 0.05) is 37.3 Å². The van der Waals surface area contributed by atoms with Crippen LogP contribution in [0.25, 0.3) is 11.3 Å². The summed E-state index contributed by atoms with van der Waals surface area (Å²) in [6, 6.07) is 10.6. The Morgan fingerprint density at radius 1 is 1.36 bits per heavy atom. The molecule has 0 bridgehead atoms. The van der Waals surface area contributed by atoms with E-state index in [1.165, 1.54) is 11.9 Å². The van der Waals surface area contributed by atoms with Gasteiger partial charge < -0.3 is 15.0 Å². The number of carbonyl (C=O) groups excluding carboxylic acids is 3. The normalized spacial score (nSPS) is 14.1. The van der Waals surface area contributed by atoms with Gasteiger partial charge in [-0.25, -0.2) is 0 Å². The minimum atomic E-state index is -0.645. The number of aromatic nitrogens is 1. The van der Waals surface area contributed by atoms with Crippen LogP contribution >= 0.6 is 0 Å². The lowest BCUT2D eigenvalue weighted by Crippen LogP contribution is -2.46. The number of likely N-dealkylation sites (N-methyl/N-ethyl adjacent to an activating group) is 1. The molecule has 0 saturated heterocycles. The van der Waals surface area contributed by atoms with E-state index >= 15 is 0 Å². The molecular formula is C19H19N3O3. The minimum absolute atomic E-state index is 0.179. The Morgan fingerprint density at radius 3 is 2.88 bits per heavy atom. The van der Waals surface area contributed by atoms with Gasteiger partial charge in [0.05, 0.1) is 5.69 Å². The van der Waals surface area contributed by atoms with Crippen LogP contribution in [0.3, 0.4) is 0 Å². The van der Waals surface area contributed by atoms with Crippen LogP contribution in [0, 0.1) is 0 Å². The second-order valence-electron chi connectivity index (χ2n) is 5.89. The molecule has 1 aromatic heterocycles. The molecule has 6 heteroatoms. The summed E-state index contributed by atoms with van der Waals surface area (Å²) in [7, 11) is 1.53. The fraction of sp³-hybridized carbons (Fsp3) is 0.263. The fourth-order valence-corrected chi connectivity index (χ4v) is 3.11. The molecule has 6 nitrogen and oxygen atoms in total. The maximum atomic E-state index is 12.7. The Morgan fingerprint density at radius 2 is 2.20 bits per heavy atom. The molecule has 128 valence electrons. The number of rotatable bonds is 6. The molecule has 0 aliphatic carbocycles. The van der Waals surface area contributed by atoms with Crippen molar-refractivity contribution in [2.45, 2.75) is 25.4 Å². The summed E-state index contributed by atoms with van der Waals surface area (Å²) in [5.74, 6) is -0.435. The summed E-state index contributed by atoms with van der Waals surface area (Å²) < 4.78 is 0. The van der Waals surface area contributed by atoms with Crippen molar-refractivity contribution in [3.8, 4) is 11.3 Å². The molecule has 1 aliphatic heterocycles. The van der Waals surface area contributed by atoms with E-state index in [1.807, 2.05) is 30.3 Å². The number of benzene rings is 1. The molecule has 1 aromatic carbocycles. The Hall–Kier alpha value is -3.02. The van der Waals surface area contributed by atoms with Gasteiger partial charge in [0.15, 0.2) is 0 Å². The number of carbonyl (C=O) groups is 3. The summed E-state index contributed by atoms with van der Waals surface area (Å²) in [5.41, 5.74) is 3.23. The lowest BCUT2D eigenvalue weighted by atomic mass is 10.0. The highest BCUT2D eigenvalue weighted by Crippen LogP contribution is 2.29. The van der Waals surface area contributed by atoms with E-state index in [-0.39, 0.29) is 18.2 Å². The highest BCUT2D eigenvalue weighted by molar-refractivity contribution is 6.01. The van der Waals surface area contributed by atoms with Gasteiger partial charge in [-0.05, 0) is 36.2 Å². The predicted octanol–water partition coefficient (Wildman–Crippen LogP) is 1.80. The van der Waals surface area contributed by atoms with Gasteiger partial charge in [-0.2, -0.15) is 0 Å². The minimum Gasteiger partial charge on any atom is -0.357 e. The Bertz CT molecular complexity index is 805. The monoisotopic (exact) mass is 337 g/mol. The van der Waals surface area contributed by atoms with Crippen LogP contribution in [0.4, 0.5) is 0 Å². The van der Waals surface area contributed by atoms with E-state index in [1.54, 1.807) is 12.3 Å². The Balaban J connectivity index is 1.89. The van der Waals surface area contributed by atoms with Crippen molar-refractivity contribution >= 4 is 18.1 Å². The number of pyridine rings is 1. The predicted molar refractivity (Wildman–Crippen MR) is 92.7 cm³/mol. The summed E-state index contributed by atoms with van der Waals surface area (Å²) in [5, 5.41) is 2.58. The van der Waals surface area contributed by atoms with Gasteiger partial charge in [-0.15, -0.1) is 0 Å². The topological polar surface area (TPSA) is 79.4 Å². The van der Waals surface area contributed by atoms with Crippen molar-refractivity contribution in [3.05, 3.63) is 53.7 Å². The van der Waals surface area contributed by atoms with Crippen molar-refractivity contribution < 1.29 is 14.4 Å². The van der Waals surface area contributed by atoms with Crippen molar-refractivity contribution in [2.75, 3.05) is 7.05 Å². The number of amides is 2. The van der Waals surface area contributed by atoms with Gasteiger partial charge in [-0.3, -0.25) is 14.6 Å². The van der Waals surface area contributed by atoms with Crippen molar-refractivity contribution in [2.24, 2.45) is 0 Å². The quantitative estimate of drug-likeness (QED) is 0.815. The fourth-order valence-electron chi connectivity index (χ4n) is 3.11. The van der Waals surface area contributed by atoms with Crippen LogP contribution in [0.5, 0.6) is 0 Å². The molecule has 0 spiro atoms. The Labute approximate surface area is 145 Å². The van der Waals surface area contributed by atoms with Gasteiger partial charge in [-0.1, -0.05) is 12.1 Å². The molecule has 1 atom stereocenters. The lowest BCUT2D eigenvalue weighted by Gasteiger charge is -2.25. The van der Waals surface area contributed by atoms with Crippen molar-refractivity contribution in [1.29, 1.82) is 0 Å². The smallest absolute Gasteiger partial charge is 0.255 e. The number of hydrogen-bond acceptors (Lipinski definition) is 4. The molecule has 0 fully saturated rings. The number of fused-ring (bicyclic) bond motifs is 1. The maximum Gasteiger partial charge on any atom is 0.255 e. The van der Waals surface area contributed by atoms with Crippen LogP contribution in [0.2, 0.25) is 0 Å². The van der Waals surface area contributed by atoms with Gasteiger partial charge in [0.2, 0.25) is 5.91 Å². The molecular weight excluding hydrogens is 318 g/mol. The zero-order valence-electron chi connectivity index (χ0n) is 13.9. The SMILES string of the molecule is CNC(=O)C(CCC=O)N1Cc2cc(-c3ccccn3)ccc2C1=O. The highest BCUT2D eigenvalue weighted by atomic mass is 16.2. The first-order valence-electron chi connectivity index (χ1n) is 8.16. The van der Waals surface area contributed by atoms with Crippen LogP contribution in [0.1, 0.15) is 28.8 Å². The number of nitrogens with one attached hydrogen (secondary N) is 1. The molecule has 2 aromatic rings. The molecule has 2 amide bonds. The number of hydrogen-bond donors (Lipinski definition) is 1. The number of aldehydes is 1. The average Bonchev–Trinajstić information content (AvgIpc) is 2.98. The van der Waals surface area contributed by atoms with Crippen LogP contribution in [-0.2, 0) is 16.1 Å². The summed E-state index contributed by atoms with van der Waals surface area (Å²) in [4.78, 5) is 41.4. The molecule has 0 radical (unpaired) electrons. The van der Waals surface area contributed by atoms with E-state index < -0.39 is 6.04 Å². The summed E-state index contributed by atoms with van der Waals surface area (Å²) >= 11 is 0. The third kappa shape index (κ3) is 3.28. The molecule has 1 unspecified atom stereocenters. The van der Waals surface area contributed by atoms with E-state index in [0.717, 1.165) is 23.1 Å². The zero-order valence-corrected chi connectivity index (χ0v) is 13.9. The second-order valence-corrected chi connectivity index (χ2v) is 5.89. The van der Waals surface area contributed by atoms with E-state index in [4.69, 9.17) is 0 Å². The van der Waals surface area contributed by atoms with Crippen LogP contribution < -0.4 is 5.32 Å². The van der Waals surface area contributed by atoms with Crippen molar-refractivity contribution in [1.82, 2.24) is 15.2 Å². The van der Waals surface area contributed by atoms with Gasteiger partial charge >= 0.3 is 0 Å². The standard InChI is InChI=1S/C19H19N3O3/c1-20-18(24)17(6-4-10-23)22-12-14-11-13(7-8-15(14)19(22)25)16-5-2-3-9-21-16/h2-3,5,7-11,17H,4,6,12H2,1H3,(H,20,24). The Kier molecular flexibility index (Phi) is 4.88. The first-order valence-corrected chi connectivity index (χ1v) is 8.16. The van der Waals surface area contributed by atoms with Crippen LogP contribution in [-0.4, -0.2) is 41.1 Å². The molecule has 0 saturated carbocycles. The third-order valence-electron chi connectivity index (χ3n) is 4.38. The molecule has 3 rings (SSSR count). The highest BCUT2D eigenvalue weighted by Gasteiger charge is 2.35. The first kappa shape index (κ1) is 16.8. The van der Waals surface area contributed by atoms with Gasteiger partial charge in [0.1, 0.15) is 12.3 Å². The molecule has 1 aliphatic rings. The lowest BCUT2D eigenvalue weighted by molar-refractivity contribution is -0.125. The molecule has 25 heavy (non-hydrogen) atoms. The van der Waals surface area contributed by atoms with Crippen LogP contribution in [0.15, 0.2) is 42.6 Å². The van der Waals surface area contributed by atoms with E-state index in [0.29, 0.717) is 18.5 Å². The van der Waals surface area contributed by atoms with Crippen molar-refractivity contribution in [3.63, 3.8) is 0 Å². The summed E-state index contributed by atoms with van der Waals surface area (Å²) in [6.07, 6.45) is 3.04. The largest absolute Gasteiger partial charge is 0.357 e. The molecule has 1 N–H and O–H groups in total. The third-order valence-corrected chi connectivity index (χ3v) is 4.38. The first-order chi connectivity index (χ1) is 12.2. The number of nitrogens with zero attached hydrogens (tertiary/aromatic N) is 2. The van der Waals surface area contributed by atoms with E-state index in [2.05, 4.69) is 10.3 Å². The zero-order chi connectivity index (χ0) is 17.8. The molecule has 2 heterocycles. The summed E-state index contributed by atoms with van der Waals surface area (Å²) in [6.45, 7) is 0.353. The average molecular weight is 337 g/mol.